The largest absolute Gasteiger partial charge is 0.353 e. The third kappa shape index (κ3) is 4.40. The number of hydrogen-bond acceptors (Lipinski definition) is 6. The van der Waals surface area contributed by atoms with Gasteiger partial charge in [0.25, 0.3) is 0 Å². The maximum Gasteiger partial charge on any atom is 0.152 e. The number of nitrogens with zero attached hydrogens (tertiary/aromatic N) is 3. The Labute approximate surface area is 162 Å². The van der Waals surface area contributed by atoms with Gasteiger partial charge in [-0.25, -0.2) is 18.4 Å². The second kappa shape index (κ2) is 7.84. The minimum absolute atomic E-state index is 0.0209. The van der Waals surface area contributed by atoms with Gasteiger partial charge in [-0.15, -0.1) is 0 Å². The van der Waals surface area contributed by atoms with Crippen molar-refractivity contribution in [2.24, 2.45) is 0 Å². The van der Waals surface area contributed by atoms with Gasteiger partial charge < -0.3 is 10.2 Å². The summed E-state index contributed by atoms with van der Waals surface area (Å²) in [7, 11) is -2.94. The van der Waals surface area contributed by atoms with Crippen LogP contribution in [-0.2, 0) is 9.84 Å². The number of aromatic nitrogens is 2. The van der Waals surface area contributed by atoms with Gasteiger partial charge in [-0.05, 0) is 37.3 Å². The quantitative estimate of drug-likeness (QED) is 0.814. The second-order valence-corrected chi connectivity index (χ2v) is 9.65. The van der Waals surface area contributed by atoms with E-state index in [0.29, 0.717) is 18.9 Å². The molecule has 0 amide bonds. The first kappa shape index (κ1) is 19.6. The summed E-state index contributed by atoms with van der Waals surface area (Å²) in [5.41, 5.74) is 3.48. The topological polar surface area (TPSA) is 75.2 Å². The van der Waals surface area contributed by atoms with Crippen molar-refractivity contribution in [3.63, 3.8) is 0 Å². The van der Waals surface area contributed by atoms with Crippen molar-refractivity contribution in [3.8, 4) is 0 Å². The standard InChI is InChI=1S/C20H28N4O2S/c1-5-24(16-9-10-27(25,26)12-16)19-11-18(21-13-22-19)23-20-15(4)7-6-8-17(20)14(2)3/h6-8,11,13-14,16H,5,9-10,12H2,1-4H3,(H,21,22,23). The zero-order valence-electron chi connectivity index (χ0n) is 16.4. The van der Waals surface area contributed by atoms with Crippen LogP contribution in [0.3, 0.4) is 0 Å². The van der Waals surface area contributed by atoms with Crippen molar-refractivity contribution in [1.29, 1.82) is 0 Å². The molecule has 0 aliphatic carbocycles. The smallest absolute Gasteiger partial charge is 0.152 e. The maximum atomic E-state index is 11.9. The highest BCUT2D eigenvalue weighted by Crippen LogP contribution is 2.31. The lowest BCUT2D eigenvalue weighted by Crippen LogP contribution is -2.36. The summed E-state index contributed by atoms with van der Waals surface area (Å²) in [6.07, 6.45) is 2.19. The van der Waals surface area contributed by atoms with Crippen LogP contribution in [-0.4, -0.2) is 42.5 Å². The highest BCUT2D eigenvalue weighted by molar-refractivity contribution is 7.91. The molecule has 1 atom stereocenters. The Kier molecular flexibility index (Phi) is 5.69. The third-order valence-corrected chi connectivity index (χ3v) is 6.87. The molecule has 146 valence electrons. The van der Waals surface area contributed by atoms with Crippen LogP contribution in [0.4, 0.5) is 17.3 Å². The molecule has 1 aliphatic heterocycles. The molecule has 0 radical (unpaired) electrons. The van der Waals surface area contributed by atoms with Gasteiger partial charge in [0, 0.05) is 24.3 Å². The van der Waals surface area contributed by atoms with Crippen LogP contribution in [0.5, 0.6) is 0 Å². The van der Waals surface area contributed by atoms with Crippen molar-refractivity contribution in [2.45, 2.75) is 46.1 Å². The van der Waals surface area contributed by atoms with Crippen LogP contribution >= 0.6 is 0 Å². The SMILES string of the molecule is CCN(c1cc(Nc2c(C)cccc2C(C)C)ncn1)C1CCS(=O)(=O)C1. The molecule has 3 rings (SSSR count). The van der Waals surface area contributed by atoms with Gasteiger partial charge in [-0.3, -0.25) is 0 Å². The van der Waals surface area contributed by atoms with Crippen LogP contribution in [0, 0.1) is 6.92 Å². The molecule has 2 aromatic rings. The third-order valence-electron chi connectivity index (χ3n) is 5.12. The van der Waals surface area contributed by atoms with Crippen LogP contribution in [0.1, 0.15) is 44.2 Å². The number of nitrogens with one attached hydrogen (secondary N) is 1. The van der Waals surface area contributed by atoms with E-state index in [2.05, 4.69) is 59.2 Å². The van der Waals surface area contributed by atoms with E-state index in [9.17, 15) is 8.42 Å². The summed E-state index contributed by atoms with van der Waals surface area (Å²) >= 11 is 0. The molecule has 0 spiro atoms. The van der Waals surface area contributed by atoms with Gasteiger partial charge in [0.2, 0.25) is 0 Å². The molecule has 6 nitrogen and oxygen atoms in total. The Morgan fingerprint density at radius 3 is 2.70 bits per heavy atom. The summed E-state index contributed by atoms with van der Waals surface area (Å²) in [4.78, 5) is 10.9. The molecule has 1 aromatic heterocycles. The molecule has 1 unspecified atom stereocenters. The van der Waals surface area contributed by atoms with E-state index in [1.54, 1.807) is 0 Å². The zero-order chi connectivity index (χ0) is 19.6. The summed E-state index contributed by atoms with van der Waals surface area (Å²) in [5.74, 6) is 2.32. The Bertz CT molecular complexity index is 912. The van der Waals surface area contributed by atoms with E-state index >= 15 is 0 Å². The maximum absolute atomic E-state index is 11.9. The Balaban J connectivity index is 1.88. The highest BCUT2D eigenvalue weighted by Gasteiger charge is 2.32. The number of sulfone groups is 1. The fourth-order valence-corrected chi connectivity index (χ4v) is 5.40. The van der Waals surface area contributed by atoms with Crippen LogP contribution in [0.15, 0.2) is 30.6 Å². The first-order chi connectivity index (χ1) is 12.8. The molecule has 0 saturated carbocycles. The number of rotatable bonds is 6. The van der Waals surface area contributed by atoms with Crippen LogP contribution < -0.4 is 10.2 Å². The van der Waals surface area contributed by atoms with Crippen molar-refractivity contribution >= 4 is 27.2 Å². The minimum Gasteiger partial charge on any atom is -0.353 e. The summed E-state index contributed by atoms with van der Waals surface area (Å²) < 4.78 is 23.7. The fourth-order valence-electron chi connectivity index (χ4n) is 3.67. The molecule has 1 fully saturated rings. The molecular weight excluding hydrogens is 360 g/mol. The molecular formula is C20H28N4O2S. The average Bonchev–Trinajstić information content (AvgIpc) is 2.97. The molecule has 7 heteroatoms. The number of aryl methyl sites for hydroxylation is 1. The lowest BCUT2D eigenvalue weighted by molar-refractivity contribution is 0.599. The monoisotopic (exact) mass is 388 g/mol. The Morgan fingerprint density at radius 1 is 1.30 bits per heavy atom. The number of anilines is 3. The second-order valence-electron chi connectivity index (χ2n) is 7.42. The van der Waals surface area contributed by atoms with Gasteiger partial charge in [0.05, 0.1) is 11.5 Å². The van der Waals surface area contributed by atoms with Gasteiger partial charge in [0.1, 0.15) is 18.0 Å². The molecule has 27 heavy (non-hydrogen) atoms. The highest BCUT2D eigenvalue weighted by atomic mass is 32.2. The molecule has 1 saturated heterocycles. The van der Waals surface area contributed by atoms with Gasteiger partial charge in [-0.1, -0.05) is 32.0 Å². The summed E-state index contributed by atoms with van der Waals surface area (Å²) in [6, 6.07) is 8.17. The Morgan fingerprint density at radius 2 is 2.07 bits per heavy atom. The van der Waals surface area contributed by atoms with Gasteiger partial charge in [-0.2, -0.15) is 0 Å². The van der Waals surface area contributed by atoms with Crippen LogP contribution in [0.25, 0.3) is 0 Å². The first-order valence-corrected chi connectivity index (χ1v) is 11.3. The van der Waals surface area contributed by atoms with E-state index < -0.39 is 9.84 Å². The van der Waals surface area contributed by atoms with E-state index in [4.69, 9.17) is 0 Å². The van der Waals surface area contributed by atoms with E-state index in [0.717, 1.165) is 22.9 Å². The first-order valence-electron chi connectivity index (χ1n) is 9.46. The molecule has 1 aliphatic rings. The number of para-hydroxylation sites is 1. The normalized spacial score (nSPS) is 18.6. The summed E-state index contributed by atoms with van der Waals surface area (Å²) in [5, 5.41) is 3.45. The lowest BCUT2D eigenvalue weighted by atomic mass is 9.98. The van der Waals surface area contributed by atoms with Crippen LogP contribution in [0.2, 0.25) is 0 Å². The van der Waals surface area contributed by atoms with Gasteiger partial charge >= 0.3 is 0 Å². The van der Waals surface area contributed by atoms with Gasteiger partial charge in [0.15, 0.2) is 9.84 Å². The summed E-state index contributed by atoms with van der Waals surface area (Å²) in [6.45, 7) is 9.16. The molecule has 2 heterocycles. The van der Waals surface area contributed by atoms with Crippen molar-refractivity contribution in [2.75, 3.05) is 28.3 Å². The van der Waals surface area contributed by atoms with Crippen molar-refractivity contribution < 1.29 is 8.42 Å². The lowest BCUT2D eigenvalue weighted by Gasteiger charge is -2.28. The average molecular weight is 389 g/mol. The van der Waals surface area contributed by atoms with Crippen molar-refractivity contribution in [1.82, 2.24) is 9.97 Å². The number of benzene rings is 1. The molecule has 1 aromatic carbocycles. The molecule has 0 bridgehead atoms. The predicted molar refractivity (Wildman–Crippen MR) is 111 cm³/mol. The van der Waals surface area contributed by atoms with Crippen molar-refractivity contribution in [3.05, 3.63) is 41.7 Å². The number of hydrogen-bond donors (Lipinski definition) is 1. The zero-order valence-corrected chi connectivity index (χ0v) is 17.3. The van der Waals surface area contributed by atoms with E-state index in [-0.39, 0.29) is 17.5 Å². The Hall–Kier alpha value is -2.15. The van der Waals surface area contributed by atoms with E-state index in [1.807, 2.05) is 13.0 Å². The van der Waals surface area contributed by atoms with E-state index in [1.165, 1.54) is 11.9 Å². The predicted octanol–water partition coefficient (Wildman–Crippen LogP) is 3.67. The fraction of sp³-hybridized carbons (Fsp3) is 0.500. The molecule has 1 N–H and O–H groups in total. The minimum atomic E-state index is -2.94.